The molecule has 2 aromatic carbocycles. The molecule has 2 aromatic rings. The summed E-state index contributed by atoms with van der Waals surface area (Å²) in [5.41, 5.74) is -2.08. The van der Waals surface area contributed by atoms with Crippen LogP contribution in [-0.4, -0.2) is 19.8 Å². The molecular weight excluding hydrogens is 372 g/mol. The number of alkyl halides is 6. The topological polar surface area (TPSA) is 37.3 Å². The third kappa shape index (κ3) is 7.95. The van der Waals surface area contributed by atoms with Crippen LogP contribution < -0.4 is 29.6 Å². The third-order valence-corrected chi connectivity index (χ3v) is 2.89. The quantitative estimate of drug-likeness (QED) is 0.483. The van der Waals surface area contributed by atoms with E-state index < -0.39 is 30.1 Å². The summed E-state index contributed by atoms with van der Waals surface area (Å²) < 4.78 is 72.6. The Balaban J connectivity index is -0.000000384. The van der Waals surface area contributed by atoms with Crippen LogP contribution in [0.25, 0.3) is 0 Å². The minimum absolute atomic E-state index is 0. The van der Waals surface area contributed by atoms with Crippen molar-refractivity contribution in [3.8, 4) is 0 Å². The molecule has 0 atom stereocenters. The molecule has 0 amide bonds. The molecule has 0 aliphatic rings. The van der Waals surface area contributed by atoms with E-state index in [4.69, 9.17) is 5.11 Å². The monoisotopic (exact) mass is 385 g/mol. The average Bonchev–Trinajstić information content (AvgIpc) is 2.53. The number of rotatable bonds is 2. The van der Waals surface area contributed by atoms with Crippen molar-refractivity contribution in [1.29, 1.82) is 0 Å². The number of aliphatic hydroxyl groups excluding tert-OH is 1. The second-order valence-electron chi connectivity index (χ2n) is 4.52. The van der Waals surface area contributed by atoms with Crippen molar-refractivity contribution in [3.05, 3.63) is 70.8 Å². The first-order chi connectivity index (χ1) is 11.1. The van der Waals surface area contributed by atoms with E-state index in [1.165, 1.54) is 30.3 Å². The number of hydrogen-bond donors (Lipinski definition) is 1. The molecule has 0 saturated carbocycles. The van der Waals surface area contributed by atoms with Gasteiger partial charge in [0.1, 0.15) is 0 Å². The fourth-order valence-electron chi connectivity index (χ4n) is 1.79. The first-order valence-electron chi connectivity index (χ1n) is 6.48. The summed E-state index contributed by atoms with van der Waals surface area (Å²) in [6, 6.07) is 9.60. The number of carbonyl (C=O) groups excluding carboxylic acids is 1. The predicted octanol–water partition coefficient (Wildman–Crippen LogP) is 1.45. The fourth-order valence-corrected chi connectivity index (χ4v) is 1.79. The molecule has 0 saturated heterocycles. The number of benzene rings is 2. The second-order valence-corrected chi connectivity index (χ2v) is 4.52. The first-order valence-corrected chi connectivity index (χ1v) is 6.48. The standard InChI is InChI=1S/C8H7F3O.C8H5F3O.B.Na.H/c2*9-8(10,11)7-4-2-1-3-6(7)5-12;;;/h1-4,12H,5H2;1-5H;;;/q;;;+1;-1. The zero-order valence-electron chi connectivity index (χ0n) is 14.6. The maximum absolute atomic E-state index is 12.1. The largest absolute Gasteiger partial charge is 1.00 e. The molecule has 3 radical (unpaired) electrons. The van der Waals surface area contributed by atoms with Crippen molar-refractivity contribution >= 4 is 14.7 Å². The van der Waals surface area contributed by atoms with Crippen LogP contribution in [0.4, 0.5) is 26.3 Å². The number of hydrogen-bond acceptors (Lipinski definition) is 2. The maximum Gasteiger partial charge on any atom is 1.00 e. The van der Waals surface area contributed by atoms with Crippen molar-refractivity contribution in [2.24, 2.45) is 0 Å². The number of halogens is 6. The van der Waals surface area contributed by atoms with Crippen LogP contribution in [0.15, 0.2) is 48.5 Å². The molecule has 0 aromatic heterocycles. The van der Waals surface area contributed by atoms with Gasteiger partial charge in [0, 0.05) is 14.0 Å². The second kappa shape index (κ2) is 11.4. The number of carbonyl (C=O) groups is 1. The number of aliphatic hydroxyl groups is 1. The Hall–Kier alpha value is -1.29. The van der Waals surface area contributed by atoms with Gasteiger partial charge in [0.15, 0.2) is 6.29 Å². The van der Waals surface area contributed by atoms with E-state index in [0.29, 0.717) is 0 Å². The summed E-state index contributed by atoms with van der Waals surface area (Å²) in [5, 5.41) is 8.58. The molecule has 0 aliphatic carbocycles. The Morgan fingerprint density at radius 2 is 1.27 bits per heavy atom. The Morgan fingerprint density at radius 3 is 1.62 bits per heavy atom. The van der Waals surface area contributed by atoms with Crippen LogP contribution in [0.5, 0.6) is 0 Å². The van der Waals surface area contributed by atoms with E-state index in [2.05, 4.69) is 0 Å². The molecule has 0 heterocycles. The zero-order valence-corrected chi connectivity index (χ0v) is 15.6. The van der Waals surface area contributed by atoms with Crippen LogP contribution >= 0.6 is 0 Å². The van der Waals surface area contributed by atoms with Crippen molar-refractivity contribution < 1.29 is 67.2 Å². The van der Waals surface area contributed by atoms with Crippen LogP contribution in [0.2, 0.25) is 0 Å². The summed E-state index contributed by atoms with van der Waals surface area (Å²) >= 11 is 0. The van der Waals surface area contributed by atoms with E-state index in [9.17, 15) is 31.1 Å². The smallest absolute Gasteiger partial charge is 1.00 e. The molecule has 0 unspecified atom stereocenters. The molecular formula is C16H13BF6NaO2. The van der Waals surface area contributed by atoms with Crippen molar-refractivity contribution in [2.75, 3.05) is 0 Å². The summed E-state index contributed by atoms with van der Waals surface area (Å²) in [6.45, 7) is -0.588. The van der Waals surface area contributed by atoms with Gasteiger partial charge < -0.3 is 6.53 Å². The average molecular weight is 385 g/mol. The van der Waals surface area contributed by atoms with Crippen LogP contribution in [-0.2, 0) is 19.0 Å². The molecule has 0 bridgehead atoms. The van der Waals surface area contributed by atoms with E-state index in [1.54, 1.807) is 0 Å². The van der Waals surface area contributed by atoms with Gasteiger partial charge in [0.2, 0.25) is 0 Å². The van der Waals surface area contributed by atoms with E-state index in [-0.39, 0.29) is 56.8 Å². The van der Waals surface area contributed by atoms with Gasteiger partial charge in [-0.15, -0.1) is 0 Å². The fraction of sp³-hybridized carbons (Fsp3) is 0.188. The SMILES string of the molecule is O=Cc1ccccc1C(F)(F)F.OCc1ccccc1C(F)(F)F.[B].[H-].[Na+]. The molecule has 135 valence electrons. The van der Waals surface area contributed by atoms with E-state index >= 15 is 0 Å². The van der Waals surface area contributed by atoms with E-state index in [0.717, 1.165) is 18.2 Å². The summed E-state index contributed by atoms with van der Waals surface area (Å²) in [4.78, 5) is 10.2. The van der Waals surface area contributed by atoms with Gasteiger partial charge >= 0.3 is 41.9 Å². The van der Waals surface area contributed by atoms with Gasteiger partial charge in [-0.05, 0) is 17.7 Å². The van der Waals surface area contributed by atoms with Gasteiger partial charge in [0.25, 0.3) is 0 Å². The molecule has 0 spiro atoms. The summed E-state index contributed by atoms with van der Waals surface area (Å²) in [6.07, 6.45) is -8.63. The molecule has 2 rings (SSSR count). The summed E-state index contributed by atoms with van der Waals surface area (Å²) in [7, 11) is 0. The van der Waals surface area contributed by atoms with Crippen molar-refractivity contribution in [3.63, 3.8) is 0 Å². The van der Waals surface area contributed by atoms with Crippen LogP contribution in [0.3, 0.4) is 0 Å². The molecule has 10 heteroatoms. The normalized spacial score (nSPS) is 10.6. The third-order valence-electron chi connectivity index (χ3n) is 2.89. The van der Waals surface area contributed by atoms with Gasteiger partial charge in [-0.3, -0.25) is 4.79 Å². The Labute approximate surface area is 171 Å². The van der Waals surface area contributed by atoms with E-state index in [1.807, 2.05) is 0 Å². The van der Waals surface area contributed by atoms with Gasteiger partial charge in [0.05, 0.1) is 17.7 Å². The van der Waals surface area contributed by atoms with Crippen LogP contribution in [0.1, 0.15) is 28.5 Å². The van der Waals surface area contributed by atoms with Gasteiger partial charge in [-0.25, -0.2) is 0 Å². The van der Waals surface area contributed by atoms with Crippen LogP contribution in [0, 0.1) is 0 Å². The molecule has 2 nitrogen and oxygen atoms in total. The molecule has 1 N–H and O–H groups in total. The predicted molar refractivity (Wildman–Crippen MR) is 81.1 cm³/mol. The Kier molecular flexibility index (Phi) is 11.8. The Bertz CT molecular complexity index is 695. The first kappa shape index (κ1) is 26.9. The molecule has 0 fully saturated rings. The van der Waals surface area contributed by atoms with Crippen molar-refractivity contribution in [2.45, 2.75) is 19.0 Å². The minimum atomic E-state index is -4.45. The van der Waals surface area contributed by atoms with Crippen molar-refractivity contribution in [1.82, 2.24) is 0 Å². The summed E-state index contributed by atoms with van der Waals surface area (Å²) in [5.74, 6) is 0. The van der Waals surface area contributed by atoms with Gasteiger partial charge in [-0.2, -0.15) is 26.3 Å². The zero-order chi connectivity index (χ0) is 18.4. The molecule has 0 aliphatic heterocycles. The Morgan fingerprint density at radius 1 is 0.846 bits per heavy atom. The molecule has 26 heavy (non-hydrogen) atoms. The number of aldehydes is 1. The van der Waals surface area contributed by atoms with Gasteiger partial charge in [-0.1, -0.05) is 36.4 Å². The maximum atomic E-state index is 12.1. The minimum Gasteiger partial charge on any atom is -1.00 e.